The number of aromatic nitrogens is 2. The first-order valence-corrected chi connectivity index (χ1v) is 6.20. The third-order valence-corrected chi connectivity index (χ3v) is 3.32. The summed E-state index contributed by atoms with van der Waals surface area (Å²) in [6.07, 6.45) is 6.16. The van der Waals surface area contributed by atoms with Crippen molar-refractivity contribution < 1.29 is 4.79 Å². The van der Waals surface area contributed by atoms with Crippen molar-refractivity contribution in [3.05, 3.63) is 11.9 Å². The van der Waals surface area contributed by atoms with E-state index in [2.05, 4.69) is 17.3 Å². The molecule has 1 aliphatic carbocycles. The Morgan fingerprint density at radius 3 is 2.88 bits per heavy atom. The van der Waals surface area contributed by atoms with E-state index in [9.17, 15) is 4.79 Å². The Kier molecular flexibility index (Phi) is 3.36. The zero-order valence-electron chi connectivity index (χ0n) is 10.4. The average molecular weight is 236 g/mol. The summed E-state index contributed by atoms with van der Waals surface area (Å²) < 4.78 is 1.52. The maximum Gasteiger partial charge on any atom is 0.271 e. The Morgan fingerprint density at radius 1 is 1.71 bits per heavy atom. The van der Waals surface area contributed by atoms with Crippen LogP contribution in [0.1, 0.15) is 43.1 Å². The summed E-state index contributed by atoms with van der Waals surface area (Å²) in [5, 5.41) is 7.02. The molecule has 3 N–H and O–H groups in total. The molecule has 1 amide bonds. The summed E-state index contributed by atoms with van der Waals surface area (Å²) in [7, 11) is 1.73. The van der Waals surface area contributed by atoms with Crippen LogP contribution in [0.25, 0.3) is 0 Å². The van der Waals surface area contributed by atoms with Crippen molar-refractivity contribution in [2.24, 2.45) is 13.0 Å². The number of anilines is 1. The molecule has 1 heterocycles. The highest BCUT2D eigenvalue weighted by molar-refractivity contribution is 5.97. The minimum Gasteiger partial charge on any atom is -0.396 e. The molecule has 1 saturated carbocycles. The summed E-state index contributed by atoms with van der Waals surface area (Å²) in [5.74, 6) is 0.694. The molecule has 0 spiro atoms. The maximum atomic E-state index is 12.1. The molecular weight excluding hydrogens is 216 g/mol. The van der Waals surface area contributed by atoms with Gasteiger partial charge in [-0.05, 0) is 18.8 Å². The van der Waals surface area contributed by atoms with Crippen LogP contribution in [0.3, 0.4) is 0 Å². The van der Waals surface area contributed by atoms with E-state index in [-0.39, 0.29) is 11.9 Å². The van der Waals surface area contributed by atoms with Gasteiger partial charge in [0.05, 0.1) is 11.9 Å². The summed E-state index contributed by atoms with van der Waals surface area (Å²) in [5.41, 5.74) is 6.62. The van der Waals surface area contributed by atoms with Gasteiger partial charge in [-0.2, -0.15) is 5.10 Å². The highest BCUT2D eigenvalue weighted by Gasteiger charge is 2.26. The average Bonchev–Trinajstić information content (AvgIpc) is 3.03. The van der Waals surface area contributed by atoms with Crippen molar-refractivity contribution in [3.63, 3.8) is 0 Å². The largest absolute Gasteiger partial charge is 0.396 e. The fourth-order valence-electron chi connectivity index (χ4n) is 2.07. The molecule has 0 aromatic carbocycles. The van der Waals surface area contributed by atoms with Gasteiger partial charge < -0.3 is 11.1 Å². The standard InChI is InChI=1S/C12H20N4O/c1-3-9(6-8-4-5-8)15-12(17)11-10(13)7-14-16(11)2/h7-9H,3-6,13H2,1-2H3,(H,15,17). The normalized spacial score (nSPS) is 16.8. The lowest BCUT2D eigenvalue weighted by Gasteiger charge is -2.16. The second-order valence-electron chi connectivity index (χ2n) is 4.83. The number of nitrogens with zero attached hydrogens (tertiary/aromatic N) is 2. The molecule has 0 saturated heterocycles. The lowest BCUT2D eigenvalue weighted by atomic mass is 10.1. The summed E-state index contributed by atoms with van der Waals surface area (Å²) in [4.78, 5) is 12.1. The zero-order valence-corrected chi connectivity index (χ0v) is 10.4. The first-order chi connectivity index (χ1) is 8.11. The van der Waals surface area contributed by atoms with Crippen LogP contribution in [0.4, 0.5) is 5.69 Å². The molecule has 17 heavy (non-hydrogen) atoms. The predicted octanol–water partition coefficient (Wildman–Crippen LogP) is 1.31. The van der Waals surface area contributed by atoms with Gasteiger partial charge in [0.15, 0.2) is 0 Å². The number of aryl methyl sites for hydroxylation is 1. The number of nitrogens with one attached hydrogen (secondary N) is 1. The SMILES string of the molecule is CCC(CC1CC1)NC(=O)c1c(N)cnn1C. The smallest absolute Gasteiger partial charge is 0.271 e. The number of nitrogens with two attached hydrogens (primary N) is 1. The first-order valence-electron chi connectivity index (χ1n) is 6.20. The molecule has 0 aliphatic heterocycles. The number of hydrogen-bond donors (Lipinski definition) is 2. The molecule has 5 nitrogen and oxygen atoms in total. The quantitative estimate of drug-likeness (QED) is 0.809. The monoisotopic (exact) mass is 236 g/mol. The second-order valence-corrected chi connectivity index (χ2v) is 4.83. The Hall–Kier alpha value is -1.52. The minimum atomic E-state index is -0.116. The second kappa shape index (κ2) is 4.77. The fraction of sp³-hybridized carbons (Fsp3) is 0.667. The number of rotatable bonds is 5. The van der Waals surface area contributed by atoms with Gasteiger partial charge in [0.25, 0.3) is 5.91 Å². The van der Waals surface area contributed by atoms with E-state index in [1.807, 2.05) is 0 Å². The molecule has 0 bridgehead atoms. The number of carbonyl (C=O) groups is 1. The van der Waals surface area contributed by atoms with Crippen LogP contribution in [-0.2, 0) is 7.05 Å². The van der Waals surface area contributed by atoms with E-state index in [1.54, 1.807) is 7.05 Å². The Morgan fingerprint density at radius 2 is 2.41 bits per heavy atom. The van der Waals surface area contributed by atoms with Crippen molar-refractivity contribution in [2.75, 3.05) is 5.73 Å². The molecule has 2 rings (SSSR count). The summed E-state index contributed by atoms with van der Waals surface area (Å²) in [6, 6.07) is 0.254. The Balaban J connectivity index is 1.99. The number of nitrogen functional groups attached to an aromatic ring is 1. The van der Waals surface area contributed by atoms with Crippen LogP contribution < -0.4 is 11.1 Å². The van der Waals surface area contributed by atoms with Gasteiger partial charge in [0.1, 0.15) is 5.69 Å². The third-order valence-electron chi connectivity index (χ3n) is 3.32. The maximum absolute atomic E-state index is 12.1. The number of carbonyl (C=O) groups excluding carboxylic acids is 1. The molecule has 1 aromatic rings. The van der Waals surface area contributed by atoms with Gasteiger partial charge in [0, 0.05) is 13.1 Å². The van der Waals surface area contributed by atoms with Gasteiger partial charge in [-0.1, -0.05) is 19.8 Å². The predicted molar refractivity (Wildman–Crippen MR) is 66.5 cm³/mol. The first kappa shape index (κ1) is 12.0. The molecule has 1 unspecified atom stereocenters. The van der Waals surface area contributed by atoms with Crippen LogP contribution in [0.2, 0.25) is 0 Å². The van der Waals surface area contributed by atoms with Gasteiger partial charge in [-0.3, -0.25) is 9.48 Å². The van der Waals surface area contributed by atoms with Crippen LogP contribution in [0, 0.1) is 5.92 Å². The highest BCUT2D eigenvalue weighted by Crippen LogP contribution is 2.34. The lowest BCUT2D eigenvalue weighted by Crippen LogP contribution is -2.36. The summed E-state index contributed by atoms with van der Waals surface area (Å²) in [6.45, 7) is 2.10. The third kappa shape index (κ3) is 2.78. The molecule has 0 radical (unpaired) electrons. The Labute approximate surface area is 101 Å². The topological polar surface area (TPSA) is 72.9 Å². The molecule has 1 aliphatic rings. The minimum absolute atomic E-state index is 0.116. The Bertz CT molecular complexity index is 389. The van der Waals surface area contributed by atoms with E-state index in [1.165, 1.54) is 23.7 Å². The van der Waals surface area contributed by atoms with Crippen molar-refractivity contribution >= 4 is 11.6 Å². The van der Waals surface area contributed by atoms with E-state index in [0.29, 0.717) is 11.4 Å². The molecule has 1 fully saturated rings. The van der Waals surface area contributed by atoms with E-state index >= 15 is 0 Å². The van der Waals surface area contributed by atoms with Gasteiger partial charge in [-0.25, -0.2) is 0 Å². The van der Waals surface area contributed by atoms with Gasteiger partial charge >= 0.3 is 0 Å². The van der Waals surface area contributed by atoms with Gasteiger partial charge in [0.2, 0.25) is 0 Å². The number of hydrogen-bond acceptors (Lipinski definition) is 3. The number of amides is 1. The van der Waals surface area contributed by atoms with E-state index < -0.39 is 0 Å². The molecule has 94 valence electrons. The molecular formula is C12H20N4O. The van der Waals surface area contributed by atoms with Crippen molar-refractivity contribution in [2.45, 2.75) is 38.6 Å². The van der Waals surface area contributed by atoms with Crippen molar-refractivity contribution in [3.8, 4) is 0 Å². The zero-order chi connectivity index (χ0) is 12.4. The molecule has 5 heteroatoms. The molecule has 1 atom stereocenters. The van der Waals surface area contributed by atoms with Crippen LogP contribution >= 0.6 is 0 Å². The summed E-state index contributed by atoms with van der Waals surface area (Å²) >= 11 is 0. The fourth-order valence-corrected chi connectivity index (χ4v) is 2.07. The van der Waals surface area contributed by atoms with Crippen LogP contribution in [0.5, 0.6) is 0 Å². The van der Waals surface area contributed by atoms with E-state index in [4.69, 9.17) is 5.73 Å². The van der Waals surface area contributed by atoms with Crippen molar-refractivity contribution in [1.29, 1.82) is 0 Å². The van der Waals surface area contributed by atoms with Crippen LogP contribution in [0.15, 0.2) is 6.20 Å². The van der Waals surface area contributed by atoms with Crippen LogP contribution in [-0.4, -0.2) is 21.7 Å². The van der Waals surface area contributed by atoms with Gasteiger partial charge in [-0.15, -0.1) is 0 Å². The highest BCUT2D eigenvalue weighted by atomic mass is 16.2. The van der Waals surface area contributed by atoms with E-state index in [0.717, 1.165) is 18.8 Å². The molecule has 1 aromatic heterocycles. The lowest BCUT2D eigenvalue weighted by molar-refractivity contribution is 0.0924. The van der Waals surface area contributed by atoms with Crippen molar-refractivity contribution in [1.82, 2.24) is 15.1 Å².